The molecule has 0 aromatic rings. The van der Waals surface area contributed by atoms with E-state index in [2.05, 4.69) is 50.5 Å². The molecule has 19 heavy (non-hydrogen) atoms. The summed E-state index contributed by atoms with van der Waals surface area (Å²) in [6.45, 7) is 9.34. The third-order valence-electron chi connectivity index (χ3n) is 2.76. The number of hydrogen-bond donors (Lipinski definition) is 2. The van der Waals surface area contributed by atoms with Gasteiger partial charge in [0.2, 0.25) is 0 Å². The number of rotatable bonds is 6. The van der Waals surface area contributed by atoms with Crippen LogP contribution in [0.25, 0.3) is 0 Å². The molecule has 0 fully saturated rings. The average molecular weight is 282 g/mol. The first-order valence-corrected chi connectivity index (χ1v) is 7.55. The summed E-state index contributed by atoms with van der Waals surface area (Å²) < 4.78 is 5.19. The third-order valence-corrected chi connectivity index (χ3v) is 3.91. The van der Waals surface area contributed by atoms with E-state index < -0.39 is 0 Å². The van der Waals surface area contributed by atoms with E-state index in [4.69, 9.17) is 4.74 Å². The van der Waals surface area contributed by atoms with Gasteiger partial charge in [0.1, 0.15) is 5.50 Å². The second-order valence-electron chi connectivity index (χ2n) is 5.15. The first-order chi connectivity index (χ1) is 8.97. The fourth-order valence-corrected chi connectivity index (χ4v) is 2.96. The van der Waals surface area contributed by atoms with E-state index in [1.54, 1.807) is 7.11 Å². The van der Waals surface area contributed by atoms with Crippen LogP contribution in [0.5, 0.6) is 0 Å². The maximum absolute atomic E-state index is 5.19. The topological polar surface area (TPSA) is 33.3 Å². The van der Waals surface area contributed by atoms with Crippen LogP contribution in [-0.4, -0.2) is 26.3 Å². The van der Waals surface area contributed by atoms with Gasteiger partial charge in [-0.15, -0.1) is 0 Å². The molecule has 0 aromatic carbocycles. The Labute approximate surface area is 121 Å². The molecule has 4 heteroatoms. The number of allylic oxidation sites excluding steroid dienone is 3. The fourth-order valence-electron chi connectivity index (χ4n) is 2.01. The number of methoxy groups -OCH3 is 1. The quantitative estimate of drug-likeness (QED) is 0.733. The molecule has 0 aliphatic carbocycles. The zero-order valence-electron chi connectivity index (χ0n) is 12.8. The molecule has 1 unspecified atom stereocenters. The van der Waals surface area contributed by atoms with E-state index in [-0.39, 0.29) is 5.50 Å². The molecule has 0 aromatic heterocycles. The van der Waals surface area contributed by atoms with E-state index in [0.717, 1.165) is 0 Å². The summed E-state index contributed by atoms with van der Waals surface area (Å²) in [7, 11) is 3.70. The molecule has 0 saturated carbocycles. The van der Waals surface area contributed by atoms with Crippen molar-refractivity contribution in [3.63, 3.8) is 0 Å². The van der Waals surface area contributed by atoms with Crippen molar-refractivity contribution in [3.05, 3.63) is 33.9 Å². The lowest BCUT2D eigenvalue weighted by Crippen LogP contribution is -2.33. The van der Waals surface area contributed by atoms with Crippen LogP contribution in [-0.2, 0) is 4.74 Å². The predicted octanol–water partition coefficient (Wildman–Crippen LogP) is 3.23. The first kappa shape index (κ1) is 16.3. The monoisotopic (exact) mass is 282 g/mol. The SMILES string of the molecule is CNC1NC(C(/C=C(/C)COC)=C/C(C)C)=C(C)S1. The Kier molecular flexibility index (Phi) is 6.69. The Morgan fingerprint density at radius 1 is 1.53 bits per heavy atom. The smallest absolute Gasteiger partial charge is 0.129 e. The van der Waals surface area contributed by atoms with Crippen molar-refractivity contribution in [2.75, 3.05) is 20.8 Å². The zero-order valence-corrected chi connectivity index (χ0v) is 13.6. The second kappa shape index (κ2) is 7.78. The van der Waals surface area contributed by atoms with Crippen LogP contribution in [0.3, 0.4) is 0 Å². The number of thioether (sulfide) groups is 1. The summed E-state index contributed by atoms with van der Waals surface area (Å²) in [5, 5.41) is 6.77. The zero-order chi connectivity index (χ0) is 14.4. The standard InChI is InChI=1S/C15H26N2OS/c1-10(2)7-13(8-11(3)9-18-6)14-12(4)19-15(16-5)17-14/h7-8,10,15-17H,9H2,1-6H3/b11-8-,13-7+. The molecule has 1 heterocycles. The molecular weight excluding hydrogens is 256 g/mol. The normalized spacial score (nSPS) is 21.3. The molecule has 0 saturated heterocycles. The van der Waals surface area contributed by atoms with Crippen LogP contribution in [0.15, 0.2) is 33.9 Å². The average Bonchev–Trinajstić information content (AvgIpc) is 2.69. The molecule has 0 bridgehead atoms. The molecule has 0 spiro atoms. The van der Waals surface area contributed by atoms with E-state index in [1.165, 1.54) is 21.7 Å². The van der Waals surface area contributed by atoms with E-state index >= 15 is 0 Å². The Morgan fingerprint density at radius 3 is 2.68 bits per heavy atom. The molecule has 1 rings (SSSR count). The largest absolute Gasteiger partial charge is 0.380 e. The summed E-state index contributed by atoms with van der Waals surface area (Å²) in [5.74, 6) is 0.516. The lowest BCUT2D eigenvalue weighted by molar-refractivity contribution is 0.226. The van der Waals surface area contributed by atoms with Crippen LogP contribution >= 0.6 is 11.8 Å². The highest BCUT2D eigenvalue weighted by atomic mass is 32.2. The minimum absolute atomic E-state index is 0.265. The van der Waals surface area contributed by atoms with E-state index in [9.17, 15) is 0 Å². The lowest BCUT2D eigenvalue weighted by Gasteiger charge is -2.13. The van der Waals surface area contributed by atoms with Gasteiger partial charge in [0, 0.05) is 12.0 Å². The summed E-state index contributed by atoms with van der Waals surface area (Å²) in [4.78, 5) is 1.33. The summed E-state index contributed by atoms with van der Waals surface area (Å²) in [6, 6.07) is 0. The van der Waals surface area contributed by atoms with Gasteiger partial charge in [-0.2, -0.15) is 0 Å². The fraction of sp³-hybridized carbons (Fsp3) is 0.600. The van der Waals surface area contributed by atoms with Gasteiger partial charge in [0.05, 0.1) is 12.3 Å². The van der Waals surface area contributed by atoms with Crippen molar-refractivity contribution in [1.82, 2.24) is 10.6 Å². The Hall–Kier alpha value is -0.710. The molecular formula is C15H26N2OS. The molecule has 0 amide bonds. The Bertz CT molecular complexity index is 397. The Balaban J connectivity index is 3.00. The summed E-state index contributed by atoms with van der Waals surface area (Å²) in [6.07, 6.45) is 4.51. The summed E-state index contributed by atoms with van der Waals surface area (Å²) in [5.41, 5.74) is 3.98. The van der Waals surface area contributed by atoms with Crippen LogP contribution in [0.1, 0.15) is 27.7 Å². The first-order valence-electron chi connectivity index (χ1n) is 6.67. The van der Waals surface area contributed by atoms with Gasteiger partial charge < -0.3 is 10.1 Å². The Morgan fingerprint density at radius 2 is 2.21 bits per heavy atom. The molecule has 1 aliphatic rings. The summed E-state index contributed by atoms with van der Waals surface area (Å²) >= 11 is 1.83. The second-order valence-corrected chi connectivity index (χ2v) is 6.47. The maximum Gasteiger partial charge on any atom is 0.129 e. The number of nitrogens with one attached hydrogen (secondary N) is 2. The highest BCUT2D eigenvalue weighted by Crippen LogP contribution is 2.33. The third kappa shape index (κ3) is 5.05. The van der Waals surface area contributed by atoms with Crippen molar-refractivity contribution in [3.8, 4) is 0 Å². The van der Waals surface area contributed by atoms with Gasteiger partial charge in [0.25, 0.3) is 0 Å². The lowest BCUT2D eigenvalue weighted by atomic mass is 10.0. The van der Waals surface area contributed by atoms with Crippen LogP contribution in [0.4, 0.5) is 0 Å². The minimum atomic E-state index is 0.265. The van der Waals surface area contributed by atoms with Gasteiger partial charge >= 0.3 is 0 Å². The van der Waals surface area contributed by atoms with Crippen molar-refractivity contribution >= 4 is 11.8 Å². The van der Waals surface area contributed by atoms with Gasteiger partial charge in [-0.1, -0.05) is 37.8 Å². The van der Waals surface area contributed by atoms with Gasteiger partial charge in [-0.25, -0.2) is 0 Å². The van der Waals surface area contributed by atoms with Crippen molar-refractivity contribution in [1.29, 1.82) is 0 Å². The van der Waals surface area contributed by atoms with Gasteiger partial charge in [-0.05, 0) is 38.0 Å². The molecule has 108 valence electrons. The van der Waals surface area contributed by atoms with Crippen molar-refractivity contribution in [2.45, 2.75) is 33.2 Å². The highest BCUT2D eigenvalue weighted by molar-refractivity contribution is 8.03. The van der Waals surface area contributed by atoms with Crippen LogP contribution in [0.2, 0.25) is 0 Å². The van der Waals surface area contributed by atoms with E-state index in [0.29, 0.717) is 12.5 Å². The van der Waals surface area contributed by atoms with E-state index in [1.807, 2.05) is 18.8 Å². The van der Waals surface area contributed by atoms with Gasteiger partial charge in [0.15, 0.2) is 0 Å². The molecule has 0 radical (unpaired) electrons. The number of hydrogen-bond acceptors (Lipinski definition) is 4. The maximum atomic E-state index is 5.19. The predicted molar refractivity (Wildman–Crippen MR) is 84.8 cm³/mol. The molecule has 1 atom stereocenters. The number of ether oxygens (including phenoxy) is 1. The minimum Gasteiger partial charge on any atom is -0.380 e. The molecule has 2 N–H and O–H groups in total. The van der Waals surface area contributed by atoms with Crippen molar-refractivity contribution < 1.29 is 4.74 Å². The highest BCUT2D eigenvalue weighted by Gasteiger charge is 2.21. The molecule has 3 nitrogen and oxygen atoms in total. The molecule has 1 aliphatic heterocycles. The van der Waals surface area contributed by atoms with Crippen LogP contribution in [0, 0.1) is 5.92 Å². The van der Waals surface area contributed by atoms with Crippen molar-refractivity contribution in [2.24, 2.45) is 5.92 Å². The van der Waals surface area contributed by atoms with Gasteiger partial charge in [-0.3, -0.25) is 5.32 Å². The van der Waals surface area contributed by atoms with Crippen LogP contribution < -0.4 is 10.6 Å².